The molecule has 0 aromatic carbocycles. The zero-order chi connectivity index (χ0) is 13.1. The summed E-state index contributed by atoms with van der Waals surface area (Å²) in [6.07, 6.45) is 2.35. The van der Waals surface area contributed by atoms with Crippen LogP contribution in [0.3, 0.4) is 0 Å². The Kier molecular flexibility index (Phi) is 3.95. The molecule has 0 spiro atoms. The summed E-state index contributed by atoms with van der Waals surface area (Å²) in [5.41, 5.74) is 5.24. The van der Waals surface area contributed by atoms with Gasteiger partial charge in [0.05, 0.1) is 10.5 Å². The summed E-state index contributed by atoms with van der Waals surface area (Å²) in [5.74, 6) is 0.628. The zero-order valence-corrected chi connectivity index (χ0v) is 10.2. The summed E-state index contributed by atoms with van der Waals surface area (Å²) >= 11 is 0. The lowest BCUT2D eigenvalue weighted by Crippen LogP contribution is -2.47. The summed E-state index contributed by atoms with van der Waals surface area (Å²) in [6.45, 7) is 6.45. The average Bonchev–Trinajstić information content (AvgIpc) is 2.29. The van der Waals surface area contributed by atoms with Crippen LogP contribution in [0, 0.1) is 16.0 Å². The fraction of sp³-hybridized carbons (Fsp3) is 0.600. The standard InChI is InChI=1S/C10H17N5O2/c1-7(2)10(3,6-11)14-9-12-4-8(5-13-9)15(16)17/h4-5,7H,6,11H2,1-3H3,(H,12,13,14). The maximum atomic E-state index is 10.4. The van der Waals surface area contributed by atoms with Crippen molar-refractivity contribution in [3.05, 3.63) is 22.5 Å². The first-order valence-corrected chi connectivity index (χ1v) is 5.33. The number of aromatic nitrogens is 2. The number of nitrogens with two attached hydrogens (primary N) is 1. The molecule has 94 valence electrons. The molecule has 3 N–H and O–H groups in total. The van der Waals surface area contributed by atoms with Crippen molar-refractivity contribution in [1.82, 2.24) is 9.97 Å². The Morgan fingerprint density at radius 2 is 2.06 bits per heavy atom. The molecule has 1 unspecified atom stereocenters. The van der Waals surface area contributed by atoms with Crippen molar-refractivity contribution in [3.63, 3.8) is 0 Å². The maximum absolute atomic E-state index is 10.4. The van der Waals surface area contributed by atoms with E-state index >= 15 is 0 Å². The lowest BCUT2D eigenvalue weighted by molar-refractivity contribution is -0.385. The van der Waals surface area contributed by atoms with Gasteiger partial charge < -0.3 is 11.1 Å². The Labute approximate surface area is 99.6 Å². The van der Waals surface area contributed by atoms with E-state index in [1.807, 2.05) is 20.8 Å². The minimum Gasteiger partial charge on any atom is -0.348 e. The highest BCUT2D eigenvalue weighted by Gasteiger charge is 2.27. The number of anilines is 1. The molecular weight excluding hydrogens is 222 g/mol. The van der Waals surface area contributed by atoms with E-state index < -0.39 is 4.92 Å². The van der Waals surface area contributed by atoms with Gasteiger partial charge in [0, 0.05) is 6.54 Å². The number of rotatable bonds is 5. The van der Waals surface area contributed by atoms with Crippen molar-refractivity contribution in [2.45, 2.75) is 26.3 Å². The quantitative estimate of drug-likeness (QED) is 0.590. The van der Waals surface area contributed by atoms with Gasteiger partial charge in [0.25, 0.3) is 0 Å². The second-order valence-corrected chi connectivity index (χ2v) is 4.42. The third kappa shape index (κ3) is 3.10. The molecule has 0 aliphatic heterocycles. The van der Waals surface area contributed by atoms with Gasteiger partial charge in [-0.3, -0.25) is 10.1 Å². The molecule has 0 bridgehead atoms. The largest absolute Gasteiger partial charge is 0.348 e. The number of hydrogen-bond acceptors (Lipinski definition) is 6. The fourth-order valence-corrected chi connectivity index (χ4v) is 1.17. The smallest absolute Gasteiger partial charge is 0.305 e. The van der Waals surface area contributed by atoms with Crippen LogP contribution in [-0.2, 0) is 0 Å². The van der Waals surface area contributed by atoms with Crippen LogP contribution in [0.4, 0.5) is 11.6 Å². The van der Waals surface area contributed by atoms with Crippen LogP contribution >= 0.6 is 0 Å². The Balaban J connectivity index is 2.85. The molecule has 1 aromatic heterocycles. The van der Waals surface area contributed by atoms with Gasteiger partial charge in [0.15, 0.2) is 0 Å². The SMILES string of the molecule is CC(C)C(C)(CN)Nc1ncc([N+](=O)[O-])cn1. The summed E-state index contributed by atoms with van der Waals surface area (Å²) in [6, 6.07) is 0. The molecule has 7 heteroatoms. The lowest BCUT2D eigenvalue weighted by atomic mass is 9.89. The van der Waals surface area contributed by atoms with E-state index in [1.165, 1.54) is 12.4 Å². The monoisotopic (exact) mass is 239 g/mol. The van der Waals surface area contributed by atoms with Gasteiger partial charge >= 0.3 is 5.69 Å². The van der Waals surface area contributed by atoms with Crippen molar-refractivity contribution >= 4 is 11.6 Å². The van der Waals surface area contributed by atoms with Gasteiger partial charge in [-0.1, -0.05) is 13.8 Å². The van der Waals surface area contributed by atoms with Crippen molar-refractivity contribution in [2.24, 2.45) is 11.7 Å². The highest BCUT2D eigenvalue weighted by molar-refractivity contribution is 5.33. The third-order valence-corrected chi connectivity index (χ3v) is 2.94. The minimum absolute atomic E-state index is 0.130. The zero-order valence-electron chi connectivity index (χ0n) is 10.2. The molecule has 17 heavy (non-hydrogen) atoms. The summed E-state index contributed by atoms with van der Waals surface area (Å²) < 4.78 is 0. The van der Waals surface area contributed by atoms with E-state index in [2.05, 4.69) is 15.3 Å². The summed E-state index contributed by atoms with van der Waals surface area (Å²) in [7, 11) is 0. The van der Waals surface area contributed by atoms with E-state index in [1.54, 1.807) is 0 Å². The second kappa shape index (κ2) is 5.05. The molecule has 7 nitrogen and oxygen atoms in total. The molecule has 1 aromatic rings. The van der Waals surface area contributed by atoms with E-state index in [0.29, 0.717) is 12.5 Å². The molecule has 1 atom stereocenters. The molecule has 0 saturated heterocycles. The third-order valence-electron chi connectivity index (χ3n) is 2.94. The molecule has 0 aliphatic rings. The first-order valence-electron chi connectivity index (χ1n) is 5.33. The van der Waals surface area contributed by atoms with E-state index in [-0.39, 0.29) is 17.1 Å². The van der Waals surface area contributed by atoms with Gasteiger partial charge in [0.2, 0.25) is 5.95 Å². The van der Waals surface area contributed by atoms with Crippen LogP contribution in [0.1, 0.15) is 20.8 Å². The van der Waals surface area contributed by atoms with E-state index in [0.717, 1.165) is 0 Å². The molecular formula is C10H17N5O2. The number of nitrogens with zero attached hydrogens (tertiary/aromatic N) is 3. The Morgan fingerprint density at radius 1 is 1.53 bits per heavy atom. The number of nitro groups is 1. The van der Waals surface area contributed by atoms with Crippen LogP contribution in [0.25, 0.3) is 0 Å². The lowest BCUT2D eigenvalue weighted by Gasteiger charge is -2.33. The van der Waals surface area contributed by atoms with Crippen molar-refractivity contribution in [1.29, 1.82) is 0 Å². The van der Waals surface area contributed by atoms with Crippen LogP contribution in [0.5, 0.6) is 0 Å². The first kappa shape index (κ1) is 13.3. The molecule has 0 fully saturated rings. The second-order valence-electron chi connectivity index (χ2n) is 4.42. The average molecular weight is 239 g/mol. The molecule has 0 saturated carbocycles. The maximum Gasteiger partial charge on any atom is 0.305 e. The van der Waals surface area contributed by atoms with E-state index in [9.17, 15) is 10.1 Å². The van der Waals surface area contributed by atoms with Gasteiger partial charge in [-0.15, -0.1) is 0 Å². The van der Waals surface area contributed by atoms with Crippen molar-refractivity contribution in [3.8, 4) is 0 Å². The van der Waals surface area contributed by atoms with Crippen LogP contribution in [0.2, 0.25) is 0 Å². The molecule has 0 aliphatic carbocycles. The summed E-state index contributed by atoms with van der Waals surface area (Å²) in [5, 5.41) is 13.5. The van der Waals surface area contributed by atoms with Gasteiger partial charge in [0.1, 0.15) is 12.4 Å². The highest BCUT2D eigenvalue weighted by Crippen LogP contribution is 2.20. The predicted molar refractivity (Wildman–Crippen MR) is 64.6 cm³/mol. The van der Waals surface area contributed by atoms with Crippen molar-refractivity contribution in [2.75, 3.05) is 11.9 Å². The first-order chi connectivity index (χ1) is 7.89. The summed E-state index contributed by atoms with van der Waals surface area (Å²) in [4.78, 5) is 17.7. The predicted octanol–water partition coefficient (Wildman–Crippen LogP) is 1.17. The normalized spacial score (nSPS) is 14.4. The van der Waals surface area contributed by atoms with Crippen LogP contribution in [-0.4, -0.2) is 27.0 Å². The molecule has 0 radical (unpaired) electrons. The Hall–Kier alpha value is -1.76. The van der Waals surface area contributed by atoms with Crippen LogP contribution < -0.4 is 11.1 Å². The molecule has 1 rings (SSSR count). The van der Waals surface area contributed by atoms with Gasteiger partial charge in [-0.05, 0) is 12.8 Å². The topological polar surface area (TPSA) is 107 Å². The van der Waals surface area contributed by atoms with Gasteiger partial charge in [-0.2, -0.15) is 0 Å². The Morgan fingerprint density at radius 3 is 2.41 bits per heavy atom. The highest BCUT2D eigenvalue weighted by atomic mass is 16.6. The van der Waals surface area contributed by atoms with Crippen molar-refractivity contribution < 1.29 is 4.92 Å². The minimum atomic E-state index is -0.533. The van der Waals surface area contributed by atoms with Crippen LogP contribution in [0.15, 0.2) is 12.4 Å². The fourth-order valence-electron chi connectivity index (χ4n) is 1.17. The molecule has 0 amide bonds. The molecule has 1 heterocycles. The number of nitrogens with one attached hydrogen (secondary N) is 1. The Bertz CT molecular complexity index is 392. The van der Waals surface area contributed by atoms with E-state index in [4.69, 9.17) is 5.73 Å². The number of hydrogen-bond donors (Lipinski definition) is 2. The van der Waals surface area contributed by atoms with Gasteiger partial charge in [-0.25, -0.2) is 9.97 Å².